The average Bonchev–Trinajstić information content (AvgIpc) is 2.72. The second-order valence-electron chi connectivity index (χ2n) is 2.59. The van der Waals surface area contributed by atoms with Crippen LogP contribution in [0.1, 0.15) is 5.01 Å². The van der Waals surface area contributed by atoms with Gasteiger partial charge >= 0.3 is 0 Å². The summed E-state index contributed by atoms with van der Waals surface area (Å²) >= 11 is 8.75. The fraction of sp³-hybridized carbons (Fsp3) is 0.286. The lowest BCUT2D eigenvalue weighted by Gasteiger charge is -1.91. The molecule has 0 unspecified atom stereocenters. The van der Waals surface area contributed by atoms with Crippen molar-refractivity contribution in [1.82, 2.24) is 20.0 Å². The molecule has 7 heteroatoms. The van der Waals surface area contributed by atoms with Gasteiger partial charge in [-0.2, -0.15) is 5.10 Å². The zero-order chi connectivity index (χ0) is 9.97. The highest BCUT2D eigenvalue weighted by Crippen LogP contribution is 2.24. The van der Waals surface area contributed by atoms with Gasteiger partial charge in [0.2, 0.25) is 4.47 Å². The Morgan fingerprint density at radius 1 is 1.57 bits per heavy atom. The molecule has 0 fully saturated rings. The van der Waals surface area contributed by atoms with Gasteiger partial charge in [-0.1, -0.05) is 11.3 Å². The van der Waals surface area contributed by atoms with E-state index in [2.05, 4.69) is 15.3 Å². The lowest BCUT2D eigenvalue weighted by atomic mass is 10.7. The van der Waals surface area contributed by atoms with Crippen LogP contribution < -0.4 is 0 Å². The number of halogens is 1. The van der Waals surface area contributed by atoms with E-state index in [-0.39, 0.29) is 0 Å². The summed E-state index contributed by atoms with van der Waals surface area (Å²) in [5.41, 5.74) is 0. The molecular formula is C7H7ClN4S2. The SMILES string of the molecule is Cn1cc(SCc2nnc(Cl)s2)cn1. The maximum Gasteiger partial charge on any atom is 0.207 e. The third-order valence-corrected chi connectivity index (χ3v) is 3.65. The van der Waals surface area contributed by atoms with E-state index in [1.807, 2.05) is 19.4 Å². The van der Waals surface area contributed by atoms with E-state index < -0.39 is 0 Å². The first-order valence-corrected chi connectivity index (χ1v) is 6.01. The molecule has 0 aromatic carbocycles. The van der Waals surface area contributed by atoms with Crippen molar-refractivity contribution >= 4 is 34.7 Å². The fourth-order valence-corrected chi connectivity index (χ4v) is 2.68. The molecular weight excluding hydrogens is 240 g/mol. The smallest absolute Gasteiger partial charge is 0.207 e. The van der Waals surface area contributed by atoms with Crippen LogP contribution in [-0.2, 0) is 12.8 Å². The summed E-state index contributed by atoms with van der Waals surface area (Å²) in [6.45, 7) is 0. The molecule has 0 spiro atoms. The normalized spacial score (nSPS) is 10.7. The Balaban J connectivity index is 1.94. The van der Waals surface area contributed by atoms with Gasteiger partial charge in [-0.15, -0.1) is 22.0 Å². The molecule has 4 nitrogen and oxygen atoms in total. The molecule has 2 rings (SSSR count). The van der Waals surface area contributed by atoms with E-state index in [1.165, 1.54) is 11.3 Å². The molecule has 0 saturated heterocycles. The third kappa shape index (κ3) is 2.46. The highest BCUT2D eigenvalue weighted by molar-refractivity contribution is 7.98. The molecule has 2 heterocycles. The van der Waals surface area contributed by atoms with Gasteiger partial charge < -0.3 is 0 Å². The number of hydrogen-bond donors (Lipinski definition) is 0. The van der Waals surface area contributed by atoms with Gasteiger partial charge in [0, 0.05) is 18.1 Å². The van der Waals surface area contributed by atoms with Crippen molar-refractivity contribution < 1.29 is 0 Å². The molecule has 2 aromatic rings. The first-order valence-electron chi connectivity index (χ1n) is 3.83. The largest absolute Gasteiger partial charge is 0.275 e. The van der Waals surface area contributed by atoms with E-state index in [0.29, 0.717) is 4.47 Å². The van der Waals surface area contributed by atoms with Gasteiger partial charge in [-0.05, 0) is 11.6 Å². The fourth-order valence-electron chi connectivity index (χ4n) is 0.910. The average molecular weight is 247 g/mol. The quantitative estimate of drug-likeness (QED) is 0.779. The minimum absolute atomic E-state index is 0.492. The molecule has 0 radical (unpaired) electrons. The number of rotatable bonds is 3. The van der Waals surface area contributed by atoms with Crippen LogP contribution in [0.4, 0.5) is 0 Å². The number of hydrogen-bond acceptors (Lipinski definition) is 5. The van der Waals surface area contributed by atoms with Crippen LogP contribution in [0.2, 0.25) is 4.47 Å². The highest BCUT2D eigenvalue weighted by atomic mass is 35.5. The van der Waals surface area contributed by atoms with Crippen molar-refractivity contribution in [2.75, 3.05) is 0 Å². The molecule has 14 heavy (non-hydrogen) atoms. The molecule has 0 N–H and O–H groups in total. The monoisotopic (exact) mass is 246 g/mol. The Bertz CT molecular complexity index is 385. The lowest BCUT2D eigenvalue weighted by molar-refractivity contribution is 0.766. The Morgan fingerprint density at radius 2 is 2.43 bits per heavy atom. The molecule has 0 aliphatic rings. The van der Waals surface area contributed by atoms with Crippen molar-refractivity contribution in [3.8, 4) is 0 Å². The lowest BCUT2D eigenvalue weighted by Crippen LogP contribution is -1.84. The second-order valence-corrected chi connectivity index (χ2v) is 5.28. The number of aromatic nitrogens is 4. The van der Waals surface area contributed by atoms with Crippen molar-refractivity contribution in [2.45, 2.75) is 10.6 Å². The highest BCUT2D eigenvalue weighted by Gasteiger charge is 2.03. The minimum atomic E-state index is 0.492. The van der Waals surface area contributed by atoms with Gasteiger partial charge in [-0.25, -0.2) is 0 Å². The number of nitrogens with zero attached hydrogens (tertiary/aromatic N) is 4. The summed E-state index contributed by atoms with van der Waals surface area (Å²) in [6.07, 6.45) is 3.79. The molecule has 0 bridgehead atoms. The summed E-state index contributed by atoms with van der Waals surface area (Å²) < 4.78 is 2.27. The Morgan fingerprint density at radius 3 is 3.00 bits per heavy atom. The maximum atomic E-state index is 5.67. The van der Waals surface area contributed by atoms with Crippen molar-refractivity contribution in [2.24, 2.45) is 7.05 Å². The Labute approximate surface area is 94.3 Å². The topological polar surface area (TPSA) is 43.6 Å². The summed E-state index contributed by atoms with van der Waals surface area (Å²) in [5.74, 6) is 0.788. The minimum Gasteiger partial charge on any atom is -0.275 e. The van der Waals surface area contributed by atoms with Crippen LogP contribution in [0.15, 0.2) is 17.3 Å². The van der Waals surface area contributed by atoms with Crippen LogP contribution >= 0.6 is 34.7 Å². The van der Waals surface area contributed by atoms with E-state index >= 15 is 0 Å². The first kappa shape index (κ1) is 9.95. The summed E-state index contributed by atoms with van der Waals surface area (Å²) in [6, 6.07) is 0. The van der Waals surface area contributed by atoms with Crippen LogP contribution in [0.25, 0.3) is 0 Å². The zero-order valence-electron chi connectivity index (χ0n) is 7.35. The molecule has 0 aliphatic heterocycles. The molecule has 2 aromatic heterocycles. The Hall–Kier alpha value is -0.590. The number of thioether (sulfide) groups is 1. The van der Waals surface area contributed by atoms with Crippen molar-refractivity contribution in [3.05, 3.63) is 21.9 Å². The van der Waals surface area contributed by atoms with Gasteiger partial charge in [0.25, 0.3) is 0 Å². The molecule has 0 atom stereocenters. The van der Waals surface area contributed by atoms with Gasteiger partial charge in [-0.3, -0.25) is 4.68 Å². The molecule has 0 aliphatic carbocycles. The summed E-state index contributed by atoms with van der Waals surface area (Å²) in [7, 11) is 1.89. The van der Waals surface area contributed by atoms with Gasteiger partial charge in [0.1, 0.15) is 5.01 Å². The van der Waals surface area contributed by atoms with Crippen LogP contribution in [0.3, 0.4) is 0 Å². The molecule has 0 amide bonds. The summed E-state index contributed by atoms with van der Waals surface area (Å²) in [4.78, 5) is 1.12. The predicted molar refractivity (Wildman–Crippen MR) is 57.7 cm³/mol. The van der Waals surface area contributed by atoms with E-state index in [0.717, 1.165) is 15.7 Å². The zero-order valence-corrected chi connectivity index (χ0v) is 9.73. The van der Waals surface area contributed by atoms with Crippen LogP contribution in [0, 0.1) is 0 Å². The van der Waals surface area contributed by atoms with Crippen LogP contribution in [-0.4, -0.2) is 20.0 Å². The van der Waals surface area contributed by atoms with Gasteiger partial charge in [0.15, 0.2) is 0 Å². The third-order valence-electron chi connectivity index (χ3n) is 1.49. The standard InChI is InChI=1S/C7H7ClN4S2/c1-12-3-5(2-9-12)13-4-6-10-11-7(8)14-6/h2-3H,4H2,1H3. The predicted octanol–water partition coefficient (Wildman–Crippen LogP) is 2.22. The van der Waals surface area contributed by atoms with E-state index in [1.54, 1.807) is 16.4 Å². The van der Waals surface area contributed by atoms with Crippen LogP contribution in [0.5, 0.6) is 0 Å². The van der Waals surface area contributed by atoms with Gasteiger partial charge in [0.05, 0.1) is 11.9 Å². The van der Waals surface area contributed by atoms with Crippen molar-refractivity contribution in [3.63, 3.8) is 0 Å². The van der Waals surface area contributed by atoms with Crippen molar-refractivity contribution in [1.29, 1.82) is 0 Å². The summed E-state index contributed by atoms with van der Waals surface area (Å²) in [5, 5.41) is 12.7. The van der Waals surface area contributed by atoms with E-state index in [4.69, 9.17) is 11.6 Å². The Kier molecular flexibility index (Phi) is 3.05. The molecule has 0 saturated carbocycles. The molecule has 74 valence electrons. The van der Waals surface area contributed by atoms with E-state index in [9.17, 15) is 0 Å². The first-order chi connectivity index (χ1) is 6.74. The second kappa shape index (κ2) is 4.29. The number of aryl methyl sites for hydroxylation is 1. The maximum absolute atomic E-state index is 5.67.